The minimum atomic E-state index is -0.447. The summed E-state index contributed by atoms with van der Waals surface area (Å²) in [7, 11) is 1.62. The molecule has 0 radical (unpaired) electrons. The van der Waals surface area contributed by atoms with Crippen LogP contribution in [-0.2, 0) is 19.1 Å². The Morgan fingerprint density at radius 3 is 2.83 bits per heavy atom. The number of fused-ring (bicyclic) bond motifs is 1. The van der Waals surface area contributed by atoms with Crippen LogP contribution < -0.4 is 4.74 Å². The largest absolute Gasteiger partial charge is 0.497 e. The van der Waals surface area contributed by atoms with Gasteiger partial charge in [-0.3, -0.25) is 9.59 Å². The molecule has 4 aliphatic rings. The van der Waals surface area contributed by atoms with E-state index in [2.05, 4.69) is 6.92 Å². The van der Waals surface area contributed by atoms with Crippen molar-refractivity contribution in [1.82, 2.24) is 4.90 Å². The second-order valence-electron chi connectivity index (χ2n) is 9.06. The molecule has 1 saturated heterocycles. The molecule has 1 aliphatic carbocycles. The Labute approximate surface area is 177 Å². The lowest BCUT2D eigenvalue weighted by molar-refractivity contribution is -0.136. The van der Waals surface area contributed by atoms with Crippen LogP contribution in [0.2, 0.25) is 0 Å². The first-order valence-corrected chi connectivity index (χ1v) is 11.1. The van der Waals surface area contributed by atoms with Gasteiger partial charge in [0, 0.05) is 13.2 Å². The van der Waals surface area contributed by atoms with E-state index in [1.54, 1.807) is 12.0 Å². The van der Waals surface area contributed by atoms with E-state index in [0.717, 1.165) is 44.3 Å². The molecule has 2 fully saturated rings. The number of nitrogens with zero attached hydrogens (tertiary/aromatic N) is 1. The van der Waals surface area contributed by atoms with Crippen LogP contribution in [0.25, 0.3) is 0 Å². The Kier molecular flexibility index (Phi) is 5.05. The van der Waals surface area contributed by atoms with Gasteiger partial charge in [0.05, 0.1) is 30.7 Å². The zero-order valence-electron chi connectivity index (χ0n) is 17.6. The van der Waals surface area contributed by atoms with Crippen molar-refractivity contribution in [3.63, 3.8) is 0 Å². The summed E-state index contributed by atoms with van der Waals surface area (Å²) >= 11 is 0. The van der Waals surface area contributed by atoms with Crippen LogP contribution in [0.3, 0.4) is 0 Å². The first kappa shape index (κ1) is 19.6. The molecule has 1 aromatic carbocycles. The van der Waals surface area contributed by atoms with Crippen LogP contribution in [0.4, 0.5) is 0 Å². The van der Waals surface area contributed by atoms with E-state index in [9.17, 15) is 9.59 Å². The lowest BCUT2D eigenvalue weighted by Gasteiger charge is -2.37. The minimum absolute atomic E-state index is 0.000752. The molecule has 5 atom stereocenters. The Morgan fingerprint density at radius 1 is 1.20 bits per heavy atom. The fourth-order valence-electron chi connectivity index (χ4n) is 5.48. The first-order valence-electron chi connectivity index (χ1n) is 11.1. The average Bonchev–Trinajstić information content (AvgIpc) is 3.36. The molecule has 1 amide bonds. The van der Waals surface area contributed by atoms with E-state index < -0.39 is 6.04 Å². The normalized spacial score (nSPS) is 33.4. The molecule has 0 aromatic heterocycles. The summed E-state index contributed by atoms with van der Waals surface area (Å²) in [5.74, 6) is 1.22. The number of hydrogen-bond acceptors (Lipinski definition) is 5. The minimum Gasteiger partial charge on any atom is -0.497 e. The molecule has 160 valence electrons. The van der Waals surface area contributed by atoms with Gasteiger partial charge >= 0.3 is 0 Å². The third kappa shape index (κ3) is 3.22. The molecular weight excluding hydrogens is 382 g/mol. The number of benzene rings is 1. The van der Waals surface area contributed by atoms with E-state index in [0.29, 0.717) is 23.8 Å². The molecule has 0 N–H and O–H groups in total. The number of ether oxygens (including phenoxy) is 3. The molecular formula is C24H29NO5. The van der Waals surface area contributed by atoms with Crippen molar-refractivity contribution in [2.24, 2.45) is 11.8 Å². The number of rotatable bonds is 4. The van der Waals surface area contributed by atoms with Gasteiger partial charge in [-0.1, -0.05) is 19.1 Å². The average molecular weight is 411 g/mol. The Morgan fingerprint density at radius 2 is 2.07 bits per heavy atom. The van der Waals surface area contributed by atoms with E-state index in [1.165, 1.54) is 0 Å². The highest BCUT2D eigenvalue weighted by atomic mass is 16.5. The summed E-state index contributed by atoms with van der Waals surface area (Å²) < 4.78 is 17.5. The van der Waals surface area contributed by atoms with Gasteiger partial charge in [-0.15, -0.1) is 0 Å². The molecule has 5 unspecified atom stereocenters. The highest BCUT2D eigenvalue weighted by Gasteiger charge is 2.52. The smallest absolute Gasteiger partial charge is 0.290 e. The summed E-state index contributed by atoms with van der Waals surface area (Å²) in [5, 5.41) is 0. The number of methoxy groups -OCH3 is 1. The summed E-state index contributed by atoms with van der Waals surface area (Å²) in [6, 6.07) is 7.21. The summed E-state index contributed by atoms with van der Waals surface area (Å²) in [6.07, 6.45) is 4.44. The van der Waals surface area contributed by atoms with Crippen LogP contribution in [0.1, 0.15) is 50.6 Å². The van der Waals surface area contributed by atoms with Crippen molar-refractivity contribution < 1.29 is 23.8 Å². The van der Waals surface area contributed by atoms with Crippen LogP contribution in [0.5, 0.6) is 5.75 Å². The van der Waals surface area contributed by atoms with Gasteiger partial charge in [0.15, 0.2) is 11.5 Å². The molecule has 6 heteroatoms. The van der Waals surface area contributed by atoms with Crippen LogP contribution in [0.15, 0.2) is 35.6 Å². The van der Waals surface area contributed by atoms with Gasteiger partial charge in [-0.05, 0) is 55.7 Å². The first-order chi connectivity index (χ1) is 14.6. The highest BCUT2D eigenvalue weighted by molar-refractivity contribution is 6.11. The number of carbonyl (C=O) groups is 2. The van der Waals surface area contributed by atoms with Gasteiger partial charge in [0.2, 0.25) is 0 Å². The molecule has 3 heterocycles. The van der Waals surface area contributed by atoms with Crippen LogP contribution in [-0.4, -0.2) is 49.1 Å². The number of hydrogen-bond donors (Lipinski definition) is 0. The molecule has 5 rings (SSSR count). The van der Waals surface area contributed by atoms with Crippen molar-refractivity contribution in [2.75, 3.05) is 20.3 Å². The lowest BCUT2D eigenvalue weighted by atomic mass is 9.74. The predicted octanol–water partition coefficient (Wildman–Crippen LogP) is 3.42. The van der Waals surface area contributed by atoms with Gasteiger partial charge in [0.25, 0.3) is 5.91 Å². The van der Waals surface area contributed by atoms with E-state index >= 15 is 0 Å². The van der Waals surface area contributed by atoms with Crippen molar-refractivity contribution in [3.05, 3.63) is 41.2 Å². The third-order valence-electron chi connectivity index (χ3n) is 7.04. The maximum atomic E-state index is 13.7. The Bertz CT molecular complexity index is 887. The fourth-order valence-corrected chi connectivity index (χ4v) is 5.48. The summed E-state index contributed by atoms with van der Waals surface area (Å²) in [5.41, 5.74) is 1.41. The van der Waals surface area contributed by atoms with Crippen LogP contribution >= 0.6 is 0 Å². The number of ketones is 1. The Hall–Kier alpha value is -2.34. The molecule has 0 spiro atoms. The third-order valence-corrected chi connectivity index (χ3v) is 7.04. The van der Waals surface area contributed by atoms with Crippen molar-refractivity contribution in [3.8, 4) is 5.75 Å². The van der Waals surface area contributed by atoms with Crippen molar-refractivity contribution in [2.45, 2.75) is 57.3 Å². The molecule has 1 aromatic rings. The van der Waals surface area contributed by atoms with E-state index in [4.69, 9.17) is 14.2 Å². The SMILES string of the molecule is COc1cccc(C2C3=C(OC4CCC(C)CC4C3=O)C(=O)N2CC2CCCO2)c1. The maximum Gasteiger partial charge on any atom is 0.290 e. The molecule has 1 saturated carbocycles. The second-order valence-corrected chi connectivity index (χ2v) is 9.06. The molecule has 3 aliphatic heterocycles. The zero-order valence-corrected chi connectivity index (χ0v) is 17.6. The topological polar surface area (TPSA) is 65.1 Å². The standard InChI is InChI=1S/C24H29NO5/c1-14-8-9-19-18(11-14)22(26)20-21(15-5-3-6-16(12-15)28-2)25(24(27)23(20)30-19)13-17-7-4-10-29-17/h3,5-6,12,14,17-19,21H,4,7-11,13H2,1-2H3. The van der Waals surface area contributed by atoms with Gasteiger partial charge < -0.3 is 19.1 Å². The summed E-state index contributed by atoms with van der Waals surface area (Å²) in [6.45, 7) is 3.38. The molecule has 6 nitrogen and oxygen atoms in total. The number of Topliss-reactive ketones (excluding diaryl/α,β-unsaturated/α-hetero) is 1. The number of amides is 1. The monoisotopic (exact) mass is 411 g/mol. The van der Waals surface area contributed by atoms with Gasteiger partial charge in [-0.2, -0.15) is 0 Å². The summed E-state index contributed by atoms with van der Waals surface area (Å²) in [4.78, 5) is 28.9. The zero-order chi connectivity index (χ0) is 20.8. The quantitative estimate of drug-likeness (QED) is 0.760. The van der Waals surface area contributed by atoms with Gasteiger partial charge in [0.1, 0.15) is 11.9 Å². The molecule has 30 heavy (non-hydrogen) atoms. The maximum absolute atomic E-state index is 13.7. The highest BCUT2D eigenvalue weighted by Crippen LogP contribution is 2.48. The number of carbonyl (C=O) groups excluding carboxylic acids is 2. The lowest BCUT2D eigenvalue weighted by Crippen LogP contribution is -2.41. The second kappa shape index (κ2) is 7.73. The van der Waals surface area contributed by atoms with Gasteiger partial charge in [-0.25, -0.2) is 0 Å². The van der Waals surface area contributed by atoms with Crippen LogP contribution in [0, 0.1) is 11.8 Å². The Balaban J connectivity index is 1.55. The van der Waals surface area contributed by atoms with Crippen molar-refractivity contribution >= 4 is 11.7 Å². The van der Waals surface area contributed by atoms with Crippen molar-refractivity contribution in [1.29, 1.82) is 0 Å². The van der Waals surface area contributed by atoms with E-state index in [-0.39, 0.29) is 35.6 Å². The predicted molar refractivity (Wildman–Crippen MR) is 110 cm³/mol. The fraction of sp³-hybridized carbons (Fsp3) is 0.583. The molecule has 0 bridgehead atoms. The van der Waals surface area contributed by atoms with E-state index in [1.807, 2.05) is 24.3 Å².